The van der Waals surface area contributed by atoms with Crippen LogP contribution in [0.3, 0.4) is 0 Å². The van der Waals surface area contributed by atoms with E-state index in [4.69, 9.17) is 9.47 Å². The Kier molecular flexibility index (Phi) is 7.42. The summed E-state index contributed by atoms with van der Waals surface area (Å²) in [4.78, 5) is 12.6. The number of pyridine rings is 1. The molecule has 194 valence electrons. The Morgan fingerprint density at radius 3 is 2.27 bits per heavy atom. The molecule has 1 aliphatic carbocycles. The molecule has 1 fully saturated rings. The molecule has 1 heterocycles. The van der Waals surface area contributed by atoms with Crippen LogP contribution in [0.4, 0.5) is 4.39 Å². The lowest BCUT2D eigenvalue weighted by Crippen LogP contribution is -2.25. The zero-order valence-corrected chi connectivity index (χ0v) is 22.0. The molecule has 1 aromatic heterocycles. The van der Waals surface area contributed by atoms with E-state index in [0.29, 0.717) is 45.1 Å². The maximum atomic E-state index is 13.9. The van der Waals surface area contributed by atoms with E-state index >= 15 is 0 Å². The molecule has 6 nitrogen and oxygen atoms in total. The van der Waals surface area contributed by atoms with Gasteiger partial charge in [-0.05, 0) is 94.3 Å². The second kappa shape index (κ2) is 10.4. The predicted octanol–water partition coefficient (Wildman–Crippen LogP) is 6.29. The van der Waals surface area contributed by atoms with Gasteiger partial charge >= 0.3 is 0 Å². The summed E-state index contributed by atoms with van der Waals surface area (Å²) in [6, 6.07) is 12.1. The highest BCUT2D eigenvalue weighted by Gasteiger charge is 2.26. The molecule has 0 aliphatic heterocycles. The van der Waals surface area contributed by atoms with E-state index in [1.807, 2.05) is 6.07 Å². The highest BCUT2D eigenvalue weighted by molar-refractivity contribution is 5.76. The molecular weight excluding hydrogens is 471 g/mol. The number of nitriles is 1. The lowest BCUT2D eigenvalue weighted by atomic mass is 9.88. The van der Waals surface area contributed by atoms with Gasteiger partial charge < -0.3 is 19.1 Å². The summed E-state index contributed by atoms with van der Waals surface area (Å²) in [6.45, 7) is 6.97. The van der Waals surface area contributed by atoms with Crippen molar-refractivity contribution in [2.75, 3.05) is 0 Å². The summed E-state index contributed by atoms with van der Waals surface area (Å²) in [6.07, 6.45) is 4.57. The molecule has 3 aromatic rings. The number of halogens is 1. The maximum Gasteiger partial charge on any atom is 0.254 e. The van der Waals surface area contributed by atoms with Crippen molar-refractivity contribution in [2.45, 2.75) is 65.1 Å². The molecule has 0 spiro atoms. The molecule has 0 radical (unpaired) electrons. The van der Waals surface area contributed by atoms with Gasteiger partial charge in [0, 0.05) is 36.4 Å². The topological polar surface area (TPSA) is 84.5 Å². The Morgan fingerprint density at radius 1 is 1.03 bits per heavy atom. The lowest BCUT2D eigenvalue weighted by Gasteiger charge is -2.27. The van der Waals surface area contributed by atoms with Crippen LogP contribution in [0.2, 0.25) is 0 Å². The van der Waals surface area contributed by atoms with Crippen LogP contribution in [0.25, 0.3) is 11.1 Å². The first-order valence-electron chi connectivity index (χ1n) is 12.5. The van der Waals surface area contributed by atoms with Crippen LogP contribution in [0.1, 0.15) is 56.2 Å². The normalized spacial score (nSPS) is 17.8. The average Bonchev–Trinajstić information content (AvgIpc) is 2.83. The molecule has 37 heavy (non-hydrogen) atoms. The minimum atomic E-state index is -1.12. The minimum Gasteiger partial charge on any atom is -0.490 e. The number of hydrogen-bond acceptors (Lipinski definition) is 5. The molecule has 0 unspecified atom stereocenters. The predicted molar refractivity (Wildman–Crippen MR) is 140 cm³/mol. The highest BCUT2D eigenvalue weighted by Crippen LogP contribution is 2.42. The van der Waals surface area contributed by atoms with E-state index in [9.17, 15) is 19.6 Å². The average molecular weight is 505 g/mol. The van der Waals surface area contributed by atoms with Crippen LogP contribution < -0.4 is 15.0 Å². The second-order valence-corrected chi connectivity index (χ2v) is 10.5. The standard InChI is InChI=1S/C30H33FN2O4/c1-18-12-22(31)13-19(2)29(18)37-26-11-8-21(30(3,4)35)14-24(26)25-17-33(5)28(34)15-27(25)36-23-9-6-20(16-32)7-10-23/h8,11-15,17,20,23,35H,6-7,9-10H2,1-5H3/t20-,23+. The molecule has 0 atom stereocenters. The first-order valence-corrected chi connectivity index (χ1v) is 12.5. The number of hydrogen-bond donors (Lipinski definition) is 1. The third-order valence-electron chi connectivity index (χ3n) is 6.95. The fourth-order valence-electron chi connectivity index (χ4n) is 4.78. The van der Waals surface area contributed by atoms with Crippen LogP contribution in [0, 0.1) is 36.9 Å². The van der Waals surface area contributed by atoms with Gasteiger partial charge in [0.15, 0.2) is 0 Å². The summed E-state index contributed by atoms with van der Waals surface area (Å²) in [7, 11) is 1.67. The molecule has 1 aliphatic rings. The van der Waals surface area contributed by atoms with Crippen molar-refractivity contribution in [3.8, 4) is 34.4 Å². The molecule has 1 N–H and O–H groups in total. The summed E-state index contributed by atoms with van der Waals surface area (Å²) in [5, 5.41) is 20.0. The zero-order chi connectivity index (χ0) is 26.9. The third kappa shape index (κ3) is 5.86. The number of aryl methyl sites for hydroxylation is 3. The SMILES string of the molecule is Cc1cc(F)cc(C)c1Oc1ccc(C(C)(C)O)cc1-c1cn(C)c(=O)cc1O[C@H]1CC[C@@H](C#N)CC1. The van der Waals surface area contributed by atoms with E-state index in [1.165, 1.54) is 22.8 Å². The fraction of sp³-hybridized carbons (Fsp3) is 0.400. The van der Waals surface area contributed by atoms with Crippen molar-refractivity contribution in [3.05, 3.63) is 75.5 Å². The number of rotatable bonds is 6. The van der Waals surface area contributed by atoms with Gasteiger partial charge in [-0.1, -0.05) is 6.07 Å². The molecule has 0 saturated heterocycles. The van der Waals surface area contributed by atoms with Crippen molar-refractivity contribution in [1.29, 1.82) is 5.26 Å². The molecular formula is C30H33FN2O4. The quantitative estimate of drug-likeness (QED) is 0.427. The molecule has 0 bridgehead atoms. The fourth-order valence-corrected chi connectivity index (χ4v) is 4.78. The van der Waals surface area contributed by atoms with Gasteiger partial charge in [0.25, 0.3) is 5.56 Å². The number of aliphatic hydroxyl groups is 1. The first kappa shape index (κ1) is 26.4. The molecule has 0 amide bonds. The minimum absolute atomic E-state index is 0.0358. The van der Waals surface area contributed by atoms with E-state index < -0.39 is 5.60 Å². The number of benzene rings is 2. The Labute approximate surface area is 216 Å². The summed E-state index contributed by atoms with van der Waals surface area (Å²) >= 11 is 0. The Bertz CT molecular complexity index is 1380. The van der Waals surface area contributed by atoms with E-state index in [-0.39, 0.29) is 23.4 Å². The van der Waals surface area contributed by atoms with Gasteiger partial charge in [-0.3, -0.25) is 4.79 Å². The van der Waals surface area contributed by atoms with Crippen LogP contribution in [-0.4, -0.2) is 15.8 Å². The molecule has 4 rings (SSSR count). The molecule has 7 heteroatoms. The molecule has 1 saturated carbocycles. The van der Waals surface area contributed by atoms with Gasteiger partial charge in [-0.15, -0.1) is 0 Å². The van der Waals surface area contributed by atoms with Crippen LogP contribution >= 0.6 is 0 Å². The summed E-state index contributed by atoms with van der Waals surface area (Å²) in [5.74, 6) is 1.16. The van der Waals surface area contributed by atoms with Crippen molar-refractivity contribution in [3.63, 3.8) is 0 Å². The number of ether oxygens (including phenoxy) is 2. The lowest BCUT2D eigenvalue weighted by molar-refractivity contribution is 0.0786. The van der Waals surface area contributed by atoms with Crippen LogP contribution in [-0.2, 0) is 12.6 Å². The maximum absolute atomic E-state index is 13.9. The van der Waals surface area contributed by atoms with Gasteiger partial charge in [0.05, 0.1) is 17.8 Å². The van der Waals surface area contributed by atoms with Gasteiger partial charge in [-0.2, -0.15) is 5.26 Å². The van der Waals surface area contributed by atoms with E-state index in [0.717, 1.165) is 25.7 Å². The van der Waals surface area contributed by atoms with Gasteiger partial charge in [-0.25, -0.2) is 4.39 Å². The first-order chi connectivity index (χ1) is 17.5. The highest BCUT2D eigenvalue weighted by atomic mass is 19.1. The zero-order valence-electron chi connectivity index (χ0n) is 22.0. The Balaban J connectivity index is 1.83. The van der Waals surface area contributed by atoms with Crippen molar-refractivity contribution in [2.24, 2.45) is 13.0 Å². The smallest absolute Gasteiger partial charge is 0.254 e. The number of aromatic nitrogens is 1. The second-order valence-electron chi connectivity index (χ2n) is 10.5. The number of nitrogens with zero attached hydrogens (tertiary/aromatic N) is 2. The monoisotopic (exact) mass is 504 g/mol. The van der Waals surface area contributed by atoms with Crippen LogP contribution in [0.5, 0.6) is 17.2 Å². The van der Waals surface area contributed by atoms with Crippen molar-refractivity contribution in [1.82, 2.24) is 4.57 Å². The molecule has 2 aromatic carbocycles. The largest absolute Gasteiger partial charge is 0.490 e. The third-order valence-corrected chi connectivity index (χ3v) is 6.95. The van der Waals surface area contributed by atoms with E-state index in [2.05, 4.69) is 6.07 Å². The summed E-state index contributed by atoms with van der Waals surface area (Å²) < 4.78 is 28.1. The van der Waals surface area contributed by atoms with Gasteiger partial charge in [0.1, 0.15) is 23.1 Å². The Morgan fingerprint density at radius 2 is 1.68 bits per heavy atom. The van der Waals surface area contributed by atoms with Crippen LogP contribution in [0.15, 0.2) is 47.4 Å². The summed E-state index contributed by atoms with van der Waals surface area (Å²) in [5.41, 5.74) is 1.92. The Hall–Kier alpha value is -3.63. The van der Waals surface area contributed by atoms with Crippen molar-refractivity contribution < 1.29 is 19.0 Å². The van der Waals surface area contributed by atoms with Crippen molar-refractivity contribution >= 4 is 0 Å². The van der Waals surface area contributed by atoms with Gasteiger partial charge in [0.2, 0.25) is 0 Å². The van der Waals surface area contributed by atoms with E-state index in [1.54, 1.807) is 53.1 Å².